The standard InChI is InChI=1S/C28H26ClN5O4/c1-14-5-18(12-31-25(14)34-13-17-8-22(17)27(34)36)28(2,37)24-10-23(33-38-24)26(35)32-20-6-16(7-20)21-9-19(29)4-3-15(21)11-30/h3-5,9-10,12,16-17,20,22,37H,6-8,13H2,1-2H3,(H,32,35)/t16-,17-,20+,22-,28+/m1/s1. The van der Waals surface area contributed by atoms with Gasteiger partial charge in [0.25, 0.3) is 5.91 Å². The van der Waals surface area contributed by atoms with Crippen LogP contribution in [-0.4, -0.2) is 39.6 Å². The minimum absolute atomic E-state index is 0.0624. The molecule has 1 saturated heterocycles. The smallest absolute Gasteiger partial charge is 0.273 e. The zero-order chi connectivity index (χ0) is 26.8. The third-order valence-corrected chi connectivity index (χ3v) is 8.30. The van der Waals surface area contributed by atoms with Gasteiger partial charge in [-0.05, 0) is 80.3 Å². The van der Waals surface area contributed by atoms with Crippen LogP contribution in [0.5, 0.6) is 0 Å². The molecule has 3 heterocycles. The Hall–Kier alpha value is -3.74. The van der Waals surface area contributed by atoms with Crippen LogP contribution in [-0.2, 0) is 10.4 Å². The van der Waals surface area contributed by atoms with Gasteiger partial charge in [-0.2, -0.15) is 5.26 Å². The van der Waals surface area contributed by atoms with Gasteiger partial charge in [-0.25, -0.2) is 4.98 Å². The van der Waals surface area contributed by atoms with Gasteiger partial charge in [-0.1, -0.05) is 16.8 Å². The lowest BCUT2D eigenvalue weighted by Gasteiger charge is -2.36. The normalized spacial score (nSPS) is 25.2. The first kappa shape index (κ1) is 24.6. The molecule has 6 rings (SSSR count). The second kappa shape index (κ2) is 8.93. The largest absolute Gasteiger partial charge is 0.377 e. The van der Waals surface area contributed by atoms with Crippen molar-refractivity contribution in [3.05, 3.63) is 75.3 Å². The summed E-state index contributed by atoms with van der Waals surface area (Å²) in [4.78, 5) is 31.5. The Kier molecular flexibility index (Phi) is 5.78. The van der Waals surface area contributed by atoms with E-state index in [9.17, 15) is 20.0 Å². The lowest BCUT2D eigenvalue weighted by atomic mass is 9.74. The second-order valence-electron chi connectivity index (χ2n) is 10.7. The van der Waals surface area contributed by atoms with Crippen molar-refractivity contribution in [3.8, 4) is 6.07 Å². The van der Waals surface area contributed by atoms with Gasteiger partial charge in [0, 0.05) is 41.4 Å². The van der Waals surface area contributed by atoms with Crippen LogP contribution in [0.4, 0.5) is 5.82 Å². The third-order valence-electron chi connectivity index (χ3n) is 8.06. The Labute approximate surface area is 224 Å². The summed E-state index contributed by atoms with van der Waals surface area (Å²) < 4.78 is 5.38. The number of halogens is 1. The van der Waals surface area contributed by atoms with Crippen molar-refractivity contribution in [2.24, 2.45) is 11.8 Å². The van der Waals surface area contributed by atoms with Crippen LogP contribution < -0.4 is 10.2 Å². The molecule has 3 fully saturated rings. The first-order valence-electron chi connectivity index (χ1n) is 12.6. The number of aliphatic hydroxyl groups is 1. The molecule has 3 aliphatic rings. The minimum atomic E-state index is -1.58. The van der Waals surface area contributed by atoms with Gasteiger partial charge in [-0.15, -0.1) is 0 Å². The van der Waals surface area contributed by atoms with Crippen LogP contribution in [0.3, 0.4) is 0 Å². The minimum Gasteiger partial charge on any atom is -0.377 e. The van der Waals surface area contributed by atoms with Gasteiger partial charge >= 0.3 is 0 Å². The molecule has 38 heavy (non-hydrogen) atoms. The lowest BCUT2D eigenvalue weighted by molar-refractivity contribution is -0.118. The molecule has 1 aliphatic heterocycles. The first-order chi connectivity index (χ1) is 18.2. The molecule has 2 aromatic heterocycles. The van der Waals surface area contributed by atoms with Crippen molar-refractivity contribution in [2.75, 3.05) is 11.4 Å². The number of carbonyl (C=O) groups excluding carboxylic acids is 2. The molecule has 2 aliphatic carbocycles. The van der Waals surface area contributed by atoms with Crippen LogP contribution in [0.25, 0.3) is 0 Å². The van der Waals surface area contributed by atoms with E-state index in [1.54, 1.807) is 30.0 Å². The van der Waals surface area contributed by atoms with E-state index in [-0.39, 0.29) is 35.2 Å². The van der Waals surface area contributed by atoms with E-state index in [1.807, 2.05) is 13.0 Å². The Morgan fingerprint density at radius 3 is 2.76 bits per heavy atom. The zero-order valence-electron chi connectivity index (χ0n) is 20.9. The molecule has 0 unspecified atom stereocenters. The Morgan fingerprint density at radius 1 is 1.29 bits per heavy atom. The summed E-state index contributed by atoms with van der Waals surface area (Å²) in [7, 11) is 0. The van der Waals surface area contributed by atoms with Crippen molar-refractivity contribution in [1.29, 1.82) is 5.26 Å². The summed E-state index contributed by atoms with van der Waals surface area (Å²) in [5.41, 5.74) is 1.21. The number of amides is 2. The number of nitrogens with one attached hydrogen (secondary N) is 1. The van der Waals surface area contributed by atoms with Crippen molar-refractivity contribution in [1.82, 2.24) is 15.5 Å². The zero-order valence-corrected chi connectivity index (χ0v) is 21.7. The monoisotopic (exact) mass is 531 g/mol. The number of carbonyl (C=O) groups is 2. The summed E-state index contributed by atoms with van der Waals surface area (Å²) in [6, 6.07) is 10.5. The van der Waals surface area contributed by atoms with E-state index in [4.69, 9.17) is 16.1 Å². The number of pyridine rings is 1. The molecule has 194 valence electrons. The van der Waals surface area contributed by atoms with Crippen LogP contribution >= 0.6 is 11.6 Å². The molecular weight excluding hydrogens is 506 g/mol. The predicted octanol–water partition coefficient (Wildman–Crippen LogP) is 3.82. The van der Waals surface area contributed by atoms with E-state index in [1.165, 1.54) is 12.3 Å². The molecule has 0 radical (unpaired) electrons. The summed E-state index contributed by atoms with van der Waals surface area (Å²) >= 11 is 6.10. The number of piperidine rings is 1. The highest BCUT2D eigenvalue weighted by Gasteiger charge is 2.53. The van der Waals surface area contributed by atoms with Gasteiger partial charge in [0.05, 0.1) is 11.6 Å². The number of benzene rings is 1. The van der Waals surface area contributed by atoms with Crippen molar-refractivity contribution < 1.29 is 19.2 Å². The molecular formula is C28H26ClN5O4. The van der Waals surface area contributed by atoms with E-state index in [0.717, 1.165) is 17.5 Å². The fraction of sp³-hybridized carbons (Fsp3) is 0.393. The molecule has 1 aromatic carbocycles. The summed E-state index contributed by atoms with van der Waals surface area (Å²) in [5.74, 6) is 1.14. The van der Waals surface area contributed by atoms with Crippen molar-refractivity contribution in [3.63, 3.8) is 0 Å². The number of hydrogen-bond donors (Lipinski definition) is 2. The van der Waals surface area contributed by atoms with Crippen molar-refractivity contribution >= 4 is 29.2 Å². The van der Waals surface area contributed by atoms with Gasteiger partial charge in [0.2, 0.25) is 5.91 Å². The Morgan fingerprint density at radius 2 is 2.08 bits per heavy atom. The highest BCUT2D eigenvalue weighted by atomic mass is 35.5. The van der Waals surface area contributed by atoms with E-state index in [0.29, 0.717) is 47.3 Å². The number of fused-ring (bicyclic) bond motifs is 1. The average Bonchev–Trinajstić information content (AvgIpc) is 3.31. The number of hydrogen-bond acceptors (Lipinski definition) is 7. The summed E-state index contributed by atoms with van der Waals surface area (Å²) in [5, 5.41) is 28.0. The Balaban J connectivity index is 1.11. The molecule has 3 aromatic rings. The van der Waals surface area contributed by atoms with Gasteiger partial charge in [0.1, 0.15) is 11.4 Å². The SMILES string of the molecule is Cc1cc([C@](C)(O)c2cc(C(=O)N[C@H]3C[C@@H](c4cc(Cl)ccc4C#N)C3)no2)cnc1N1C[C@H]2C[C@H]2C1=O. The summed E-state index contributed by atoms with van der Waals surface area (Å²) in [6.45, 7) is 4.09. The molecule has 9 nitrogen and oxygen atoms in total. The van der Waals surface area contributed by atoms with Gasteiger partial charge in [-0.3, -0.25) is 14.5 Å². The van der Waals surface area contributed by atoms with E-state index >= 15 is 0 Å². The fourth-order valence-corrected chi connectivity index (χ4v) is 5.74. The van der Waals surface area contributed by atoms with Crippen LogP contribution in [0.2, 0.25) is 5.02 Å². The molecule has 2 amide bonds. The quantitative estimate of drug-likeness (QED) is 0.494. The number of nitriles is 1. The Bertz CT molecular complexity index is 1500. The molecule has 0 bridgehead atoms. The molecule has 2 N–H and O–H groups in total. The maximum Gasteiger partial charge on any atom is 0.273 e. The highest BCUT2D eigenvalue weighted by Crippen LogP contribution is 2.47. The predicted molar refractivity (Wildman–Crippen MR) is 137 cm³/mol. The van der Waals surface area contributed by atoms with Gasteiger partial charge in [0.15, 0.2) is 11.5 Å². The topological polar surface area (TPSA) is 132 Å². The van der Waals surface area contributed by atoms with Crippen LogP contribution in [0.1, 0.15) is 70.6 Å². The van der Waals surface area contributed by atoms with Crippen LogP contribution in [0.15, 0.2) is 41.1 Å². The highest BCUT2D eigenvalue weighted by molar-refractivity contribution is 6.30. The maximum absolute atomic E-state index is 12.8. The molecule has 2 saturated carbocycles. The van der Waals surface area contributed by atoms with Crippen molar-refractivity contribution in [2.45, 2.75) is 50.7 Å². The average molecular weight is 532 g/mol. The van der Waals surface area contributed by atoms with Gasteiger partial charge < -0.3 is 14.9 Å². The summed E-state index contributed by atoms with van der Waals surface area (Å²) in [6.07, 6.45) is 3.86. The van der Waals surface area contributed by atoms with Crippen LogP contribution in [0, 0.1) is 30.1 Å². The number of nitrogens with zero attached hydrogens (tertiary/aromatic N) is 4. The molecule has 3 atom stereocenters. The second-order valence-corrected chi connectivity index (χ2v) is 11.2. The number of rotatable bonds is 6. The van der Waals surface area contributed by atoms with E-state index in [2.05, 4.69) is 21.5 Å². The number of anilines is 1. The molecule has 10 heteroatoms. The third kappa shape index (κ3) is 4.14. The number of aryl methyl sites for hydroxylation is 1. The number of aromatic nitrogens is 2. The fourth-order valence-electron chi connectivity index (χ4n) is 5.56. The first-order valence-corrected chi connectivity index (χ1v) is 13.0. The van der Waals surface area contributed by atoms with E-state index < -0.39 is 11.5 Å². The lowest BCUT2D eigenvalue weighted by Crippen LogP contribution is -2.43. The molecule has 0 spiro atoms. The maximum atomic E-state index is 12.8.